The summed E-state index contributed by atoms with van der Waals surface area (Å²) in [4.78, 5) is 14.7. The second-order valence-electron chi connectivity index (χ2n) is 6.70. The molecule has 6 heteroatoms. The first kappa shape index (κ1) is 16.2. The van der Waals surface area contributed by atoms with Crippen LogP contribution in [0.25, 0.3) is 0 Å². The molecule has 1 aromatic heterocycles. The average Bonchev–Trinajstić information content (AvgIpc) is 2.95. The Labute approximate surface area is 141 Å². The molecule has 1 atom stereocenters. The first-order valence-electron chi connectivity index (χ1n) is 8.19. The number of nitriles is 1. The largest absolute Gasteiger partial charge is 0.329 e. The molecule has 0 unspecified atom stereocenters. The Morgan fingerprint density at radius 2 is 2.21 bits per heavy atom. The summed E-state index contributed by atoms with van der Waals surface area (Å²) in [6.45, 7) is 7.40. The Kier molecular flexibility index (Phi) is 4.34. The summed E-state index contributed by atoms with van der Waals surface area (Å²) in [6.07, 6.45) is 0.966. The van der Waals surface area contributed by atoms with Crippen molar-refractivity contribution in [3.05, 3.63) is 47.0 Å². The Balaban J connectivity index is 1.90. The molecule has 0 radical (unpaired) electrons. The highest BCUT2D eigenvalue weighted by Crippen LogP contribution is 2.28. The van der Waals surface area contributed by atoms with E-state index in [0.29, 0.717) is 30.1 Å². The quantitative estimate of drug-likeness (QED) is 0.870. The Morgan fingerprint density at radius 1 is 1.42 bits per heavy atom. The lowest BCUT2D eigenvalue weighted by Gasteiger charge is -2.35. The molecule has 1 aliphatic heterocycles. The molecule has 2 aromatic rings. The first-order valence-corrected chi connectivity index (χ1v) is 8.19. The van der Waals surface area contributed by atoms with Gasteiger partial charge in [0.2, 0.25) is 0 Å². The topological polar surface area (TPSA) is 74.8 Å². The SMILES string of the molecule is Cc1nnc2n1[C@@H](CC(C)C)CN(C(=O)c1cccc(C#N)c1)C2. The second-order valence-corrected chi connectivity index (χ2v) is 6.70. The summed E-state index contributed by atoms with van der Waals surface area (Å²) in [6, 6.07) is 9.11. The fourth-order valence-corrected chi connectivity index (χ4v) is 3.35. The summed E-state index contributed by atoms with van der Waals surface area (Å²) in [7, 11) is 0. The van der Waals surface area contributed by atoms with Crippen LogP contribution < -0.4 is 0 Å². The van der Waals surface area contributed by atoms with Gasteiger partial charge in [-0.25, -0.2) is 0 Å². The minimum atomic E-state index is -0.0623. The van der Waals surface area contributed by atoms with Crippen molar-refractivity contribution in [1.82, 2.24) is 19.7 Å². The van der Waals surface area contributed by atoms with Crippen molar-refractivity contribution in [2.45, 2.75) is 39.8 Å². The minimum absolute atomic E-state index is 0.0623. The molecular weight excluding hydrogens is 302 g/mol. The van der Waals surface area contributed by atoms with E-state index in [9.17, 15) is 4.79 Å². The number of aromatic nitrogens is 3. The minimum Gasteiger partial charge on any atom is -0.329 e. The molecule has 3 rings (SSSR count). The third kappa shape index (κ3) is 3.02. The van der Waals surface area contributed by atoms with Crippen LogP contribution in [0.15, 0.2) is 24.3 Å². The Hall–Kier alpha value is -2.68. The molecule has 1 aromatic carbocycles. The number of nitrogens with zero attached hydrogens (tertiary/aromatic N) is 5. The van der Waals surface area contributed by atoms with E-state index in [0.717, 1.165) is 18.1 Å². The van der Waals surface area contributed by atoms with Crippen molar-refractivity contribution >= 4 is 5.91 Å². The Bertz CT molecular complexity index is 802. The van der Waals surface area contributed by atoms with Gasteiger partial charge in [-0.2, -0.15) is 5.26 Å². The number of carbonyl (C=O) groups is 1. The van der Waals surface area contributed by atoms with E-state index in [-0.39, 0.29) is 11.9 Å². The highest BCUT2D eigenvalue weighted by Gasteiger charge is 2.31. The van der Waals surface area contributed by atoms with Crippen molar-refractivity contribution in [2.24, 2.45) is 5.92 Å². The number of benzene rings is 1. The summed E-state index contributed by atoms with van der Waals surface area (Å²) >= 11 is 0. The maximum Gasteiger partial charge on any atom is 0.254 e. The highest BCUT2D eigenvalue weighted by molar-refractivity contribution is 5.94. The van der Waals surface area contributed by atoms with Gasteiger partial charge in [-0.3, -0.25) is 4.79 Å². The molecular formula is C18H21N5O. The normalized spacial score (nSPS) is 16.8. The average molecular weight is 323 g/mol. The lowest BCUT2D eigenvalue weighted by molar-refractivity contribution is 0.0660. The van der Waals surface area contributed by atoms with Gasteiger partial charge in [-0.05, 0) is 37.5 Å². The molecule has 2 heterocycles. The number of hydrogen-bond donors (Lipinski definition) is 0. The summed E-state index contributed by atoms with van der Waals surface area (Å²) < 4.78 is 2.16. The monoisotopic (exact) mass is 323 g/mol. The van der Waals surface area contributed by atoms with Gasteiger partial charge in [-0.15, -0.1) is 10.2 Å². The van der Waals surface area contributed by atoms with E-state index in [1.807, 2.05) is 11.8 Å². The highest BCUT2D eigenvalue weighted by atomic mass is 16.2. The van der Waals surface area contributed by atoms with E-state index in [4.69, 9.17) is 5.26 Å². The zero-order valence-electron chi connectivity index (χ0n) is 14.2. The molecule has 0 saturated heterocycles. The summed E-state index contributed by atoms with van der Waals surface area (Å²) in [5.74, 6) is 2.18. The number of fused-ring (bicyclic) bond motifs is 1. The van der Waals surface area contributed by atoms with Crippen LogP contribution in [0.1, 0.15) is 53.9 Å². The first-order chi connectivity index (χ1) is 11.5. The number of hydrogen-bond acceptors (Lipinski definition) is 4. The molecule has 124 valence electrons. The van der Waals surface area contributed by atoms with Crippen molar-refractivity contribution in [1.29, 1.82) is 5.26 Å². The van der Waals surface area contributed by atoms with Gasteiger partial charge in [0.15, 0.2) is 5.82 Å². The molecule has 0 bridgehead atoms. The zero-order valence-corrected chi connectivity index (χ0v) is 14.2. The van der Waals surface area contributed by atoms with Gasteiger partial charge < -0.3 is 9.47 Å². The number of amides is 1. The third-order valence-electron chi connectivity index (χ3n) is 4.33. The van der Waals surface area contributed by atoms with Crippen LogP contribution in [0, 0.1) is 24.2 Å². The van der Waals surface area contributed by atoms with Gasteiger partial charge in [0.05, 0.1) is 24.2 Å². The summed E-state index contributed by atoms with van der Waals surface area (Å²) in [5, 5.41) is 17.5. The molecule has 0 N–H and O–H groups in total. The van der Waals surface area contributed by atoms with Gasteiger partial charge in [0.25, 0.3) is 5.91 Å². The van der Waals surface area contributed by atoms with Gasteiger partial charge >= 0.3 is 0 Å². The number of aryl methyl sites for hydroxylation is 1. The number of carbonyl (C=O) groups excluding carboxylic acids is 1. The lowest BCUT2D eigenvalue weighted by atomic mass is 10.0. The van der Waals surface area contributed by atoms with Crippen LogP contribution in [-0.2, 0) is 6.54 Å². The fourth-order valence-electron chi connectivity index (χ4n) is 3.35. The van der Waals surface area contributed by atoms with Gasteiger partial charge in [-0.1, -0.05) is 19.9 Å². The van der Waals surface area contributed by atoms with Crippen LogP contribution in [0.5, 0.6) is 0 Å². The van der Waals surface area contributed by atoms with Gasteiger partial charge in [0, 0.05) is 12.1 Å². The Morgan fingerprint density at radius 3 is 2.92 bits per heavy atom. The molecule has 0 aliphatic carbocycles. The van der Waals surface area contributed by atoms with Crippen LogP contribution in [0.2, 0.25) is 0 Å². The predicted octanol–water partition coefficient (Wildman–Crippen LogP) is 2.70. The lowest BCUT2D eigenvalue weighted by Crippen LogP contribution is -2.42. The molecule has 1 aliphatic rings. The standard InChI is InChI=1S/C18H21N5O/c1-12(2)7-16-10-22(11-17-21-20-13(3)23(16)17)18(24)15-6-4-5-14(8-15)9-19/h4-6,8,12,16H,7,10-11H2,1-3H3/t16-/m0/s1. The van der Waals surface area contributed by atoms with E-state index >= 15 is 0 Å². The summed E-state index contributed by atoms with van der Waals surface area (Å²) in [5.41, 5.74) is 1.04. The molecule has 6 nitrogen and oxygen atoms in total. The molecule has 0 saturated carbocycles. The van der Waals surface area contributed by atoms with Gasteiger partial charge in [0.1, 0.15) is 5.82 Å². The van der Waals surface area contributed by atoms with Crippen LogP contribution >= 0.6 is 0 Å². The van der Waals surface area contributed by atoms with Crippen LogP contribution in [0.4, 0.5) is 0 Å². The van der Waals surface area contributed by atoms with Crippen molar-refractivity contribution in [3.8, 4) is 6.07 Å². The van der Waals surface area contributed by atoms with E-state index < -0.39 is 0 Å². The zero-order chi connectivity index (χ0) is 17.3. The van der Waals surface area contributed by atoms with Crippen molar-refractivity contribution in [2.75, 3.05) is 6.54 Å². The molecule has 0 spiro atoms. The maximum absolute atomic E-state index is 12.9. The molecule has 0 fully saturated rings. The van der Waals surface area contributed by atoms with E-state index in [1.165, 1.54) is 0 Å². The van der Waals surface area contributed by atoms with Crippen molar-refractivity contribution < 1.29 is 4.79 Å². The predicted molar refractivity (Wildman–Crippen MR) is 89.1 cm³/mol. The smallest absolute Gasteiger partial charge is 0.254 e. The fraction of sp³-hybridized carbons (Fsp3) is 0.444. The van der Waals surface area contributed by atoms with E-state index in [1.54, 1.807) is 24.3 Å². The molecule has 24 heavy (non-hydrogen) atoms. The number of rotatable bonds is 3. The van der Waals surface area contributed by atoms with Crippen LogP contribution in [0.3, 0.4) is 0 Å². The second kappa shape index (κ2) is 6.44. The van der Waals surface area contributed by atoms with E-state index in [2.05, 4.69) is 34.7 Å². The molecule has 1 amide bonds. The van der Waals surface area contributed by atoms with Crippen LogP contribution in [-0.4, -0.2) is 32.1 Å². The maximum atomic E-state index is 12.9. The third-order valence-corrected chi connectivity index (χ3v) is 4.33. The van der Waals surface area contributed by atoms with Crippen molar-refractivity contribution in [3.63, 3.8) is 0 Å².